The molecule has 0 bridgehead atoms. The number of aromatic nitrogens is 3. The molecule has 0 radical (unpaired) electrons. The Labute approximate surface area is 266 Å². The van der Waals surface area contributed by atoms with Crippen LogP contribution < -0.4 is 14.4 Å². The maximum Gasteiger partial charge on any atom is 0.410 e. The van der Waals surface area contributed by atoms with E-state index in [0.29, 0.717) is 57.4 Å². The van der Waals surface area contributed by atoms with Crippen molar-refractivity contribution >= 4 is 42.2 Å². The van der Waals surface area contributed by atoms with Crippen LogP contribution >= 0.6 is 8.38 Å². The van der Waals surface area contributed by atoms with Crippen molar-refractivity contribution < 1.29 is 28.1 Å². The fraction of sp³-hybridized carbons (Fsp3) is 0.485. The number of carbonyl (C=O) groups is 1. The third kappa shape index (κ3) is 7.60. The molecular formula is C33H44N5O6P. The van der Waals surface area contributed by atoms with Gasteiger partial charge in [0.2, 0.25) is 0 Å². The summed E-state index contributed by atoms with van der Waals surface area (Å²) in [5, 5.41) is 0.923. The molecule has 242 valence electrons. The van der Waals surface area contributed by atoms with Crippen molar-refractivity contribution in [1.82, 2.24) is 19.4 Å². The second-order valence-electron chi connectivity index (χ2n) is 11.8. The second kappa shape index (κ2) is 14.2. The van der Waals surface area contributed by atoms with Crippen LogP contribution in [0.3, 0.4) is 0 Å². The zero-order chi connectivity index (χ0) is 32.1. The quantitative estimate of drug-likeness (QED) is 0.169. The molecule has 4 aromatic rings. The van der Waals surface area contributed by atoms with Crippen molar-refractivity contribution in [1.29, 1.82) is 0 Å². The minimum atomic E-state index is -0.941. The highest BCUT2D eigenvalue weighted by Gasteiger charge is 2.28. The number of carbonyl (C=O) groups excluding carboxylic acids is 1. The molecule has 0 unspecified atom stereocenters. The van der Waals surface area contributed by atoms with Crippen molar-refractivity contribution in [3.8, 4) is 11.5 Å². The number of hydrogen-bond donors (Lipinski definition) is 0. The van der Waals surface area contributed by atoms with Crippen molar-refractivity contribution in [2.75, 3.05) is 58.5 Å². The number of pyridine rings is 1. The summed E-state index contributed by atoms with van der Waals surface area (Å²) < 4.78 is 30.6. The van der Waals surface area contributed by atoms with Crippen LogP contribution in [0.25, 0.3) is 21.9 Å². The number of methoxy groups -OCH3 is 2. The van der Waals surface area contributed by atoms with Gasteiger partial charge in [-0.25, -0.2) is 14.8 Å². The maximum absolute atomic E-state index is 12.7. The van der Waals surface area contributed by atoms with Crippen LogP contribution in [0.1, 0.15) is 45.7 Å². The third-order valence-corrected chi connectivity index (χ3v) is 9.21. The van der Waals surface area contributed by atoms with Crippen molar-refractivity contribution in [2.45, 2.75) is 52.9 Å². The highest BCUT2D eigenvalue weighted by atomic mass is 31.2. The molecule has 45 heavy (non-hydrogen) atoms. The van der Waals surface area contributed by atoms with Gasteiger partial charge in [-0.2, -0.15) is 0 Å². The lowest BCUT2D eigenvalue weighted by Crippen LogP contribution is -2.50. The van der Waals surface area contributed by atoms with E-state index in [9.17, 15) is 4.79 Å². The van der Waals surface area contributed by atoms with Crippen molar-refractivity contribution in [3.63, 3.8) is 0 Å². The number of fused-ring (bicyclic) bond motifs is 3. The third-order valence-electron chi connectivity index (χ3n) is 7.50. The molecule has 1 fully saturated rings. The molecule has 5 rings (SSSR count). The first-order valence-corrected chi connectivity index (χ1v) is 16.7. The van der Waals surface area contributed by atoms with Crippen LogP contribution in [-0.2, 0) is 26.5 Å². The highest BCUT2D eigenvalue weighted by molar-refractivity contribution is 7.46. The first-order valence-electron chi connectivity index (χ1n) is 15.4. The summed E-state index contributed by atoms with van der Waals surface area (Å²) in [6.07, 6.45) is 2.34. The Balaban J connectivity index is 1.47. The molecule has 1 aliphatic heterocycles. The van der Waals surface area contributed by atoms with Crippen LogP contribution in [0.15, 0.2) is 42.7 Å². The van der Waals surface area contributed by atoms with Gasteiger partial charge in [0.15, 0.2) is 25.7 Å². The van der Waals surface area contributed by atoms with E-state index in [0.717, 1.165) is 39.5 Å². The van der Waals surface area contributed by atoms with Crippen LogP contribution in [-0.4, -0.2) is 84.7 Å². The van der Waals surface area contributed by atoms with E-state index in [4.69, 9.17) is 33.2 Å². The molecule has 0 aliphatic carbocycles. The minimum Gasteiger partial charge on any atom is -0.493 e. The fourth-order valence-corrected chi connectivity index (χ4v) is 6.77. The number of anilines is 1. The summed E-state index contributed by atoms with van der Waals surface area (Å²) in [4.78, 5) is 26.6. The summed E-state index contributed by atoms with van der Waals surface area (Å²) in [6.45, 7) is 13.8. The van der Waals surface area contributed by atoms with Crippen molar-refractivity contribution in [2.24, 2.45) is 0 Å². The topological polar surface area (TPSA) is 100 Å². The highest BCUT2D eigenvalue weighted by Crippen LogP contribution is 2.42. The molecule has 0 atom stereocenters. The Hall–Kier alpha value is -3.66. The van der Waals surface area contributed by atoms with E-state index in [1.54, 1.807) is 19.1 Å². The number of nitrogens with zero attached hydrogens (tertiary/aromatic N) is 5. The Morgan fingerprint density at radius 3 is 2.13 bits per heavy atom. The lowest BCUT2D eigenvalue weighted by Gasteiger charge is -2.36. The van der Waals surface area contributed by atoms with Crippen molar-refractivity contribution in [3.05, 3.63) is 53.9 Å². The van der Waals surface area contributed by atoms with Crippen LogP contribution in [0.2, 0.25) is 0 Å². The van der Waals surface area contributed by atoms with Gasteiger partial charge >= 0.3 is 6.09 Å². The average Bonchev–Trinajstić information content (AvgIpc) is 3.44. The number of amides is 1. The summed E-state index contributed by atoms with van der Waals surface area (Å²) in [7, 11) is 2.32. The van der Waals surface area contributed by atoms with Gasteiger partial charge in [0.05, 0.1) is 44.8 Å². The van der Waals surface area contributed by atoms with E-state index in [1.807, 2.05) is 53.1 Å². The van der Waals surface area contributed by atoms with E-state index in [2.05, 4.69) is 33.7 Å². The van der Waals surface area contributed by atoms with Gasteiger partial charge < -0.3 is 37.6 Å². The van der Waals surface area contributed by atoms with Gasteiger partial charge in [-0.3, -0.25) is 0 Å². The smallest absolute Gasteiger partial charge is 0.410 e. The monoisotopic (exact) mass is 637 g/mol. The molecular weight excluding hydrogens is 593 g/mol. The number of hydrogen-bond acceptors (Lipinski definition) is 9. The molecule has 0 N–H and O–H groups in total. The number of piperazine rings is 1. The summed E-state index contributed by atoms with van der Waals surface area (Å²) >= 11 is 0. The van der Waals surface area contributed by atoms with Crippen LogP contribution in [0.5, 0.6) is 11.5 Å². The molecule has 3 heterocycles. The molecule has 1 saturated heterocycles. The van der Waals surface area contributed by atoms with Crippen LogP contribution in [0, 0.1) is 0 Å². The van der Waals surface area contributed by atoms with Gasteiger partial charge in [0.1, 0.15) is 11.1 Å². The number of rotatable bonds is 11. The fourth-order valence-electron chi connectivity index (χ4n) is 5.43. The molecule has 0 saturated carbocycles. The van der Waals surface area contributed by atoms with E-state index < -0.39 is 14.0 Å². The number of ether oxygens (including phenoxy) is 3. The van der Waals surface area contributed by atoms with Gasteiger partial charge in [-0.05, 0) is 51.8 Å². The molecule has 2 aromatic heterocycles. The standard InChI is InChI=1S/C33H44N5O6P/c1-8-42-45(43-9-2)21-24-12-10-23(11-13-24)20-38-22-34-29-30(38)25-18-27(40-6)28(41-7)19-26(25)35-31(29)36-14-16-37(17-15-36)32(39)44-33(3,4)5/h10-13,18-19,22H,8-9,14-17,20-21H2,1-7H3. The van der Waals surface area contributed by atoms with Gasteiger partial charge in [0.25, 0.3) is 0 Å². The predicted molar refractivity (Wildman–Crippen MR) is 178 cm³/mol. The van der Waals surface area contributed by atoms with E-state index >= 15 is 0 Å². The van der Waals surface area contributed by atoms with Crippen LogP contribution in [0.4, 0.5) is 10.6 Å². The normalized spacial score (nSPS) is 14.0. The molecule has 1 amide bonds. The zero-order valence-electron chi connectivity index (χ0n) is 27.3. The Kier molecular flexibility index (Phi) is 10.3. The Bertz CT molecular complexity index is 1610. The predicted octanol–water partition coefficient (Wildman–Crippen LogP) is 6.59. The first-order chi connectivity index (χ1) is 21.6. The Morgan fingerprint density at radius 2 is 1.53 bits per heavy atom. The van der Waals surface area contributed by atoms with Gasteiger partial charge in [-0.1, -0.05) is 24.3 Å². The zero-order valence-corrected chi connectivity index (χ0v) is 28.2. The average molecular weight is 638 g/mol. The van der Waals surface area contributed by atoms with E-state index in [1.165, 1.54) is 5.56 Å². The molecule has 11 nitrogen and oxygen atoms in total. The minimum absolute atomic E-state index is 0.293. The maximum atomic E-state index is 12.7. The number of imidazole rings is 1. The SMILES string of the molecule is CCOP(Cc1ccc(Cn2cnc3c(N4CCN(C(=O)OC(C)(C)C)CC4)nc4cc(OC)c(OC)cc4c32)cc1)OCC. The van der Waals surface area contributed by atoms with E-state index in [-0.39, 0.29) is 6.09 Å². The van der Waals surface area contributed by atoms with Gasteiger partial charge in [-0.15, -0.1) is 0 Å². The molecule has 1 aliphatic rings. The molecule has 0 spiro atoms. The number of benzene rings is 2. The first kappa shape index (κ1) is 32.7. The lowest BCUT2D eigenvalue weighted by molar-refractivity contribution is 0.0240. The molecule has 2 aromatic carbocycles. The summed E-state index contributed by atoms with van der Waals surface area (Å²) in [5.41, 5.74) is 4.34. The lowest BCUT2D eigenvalue weighted by atomic mass is 10.1. The second-order valence-corrected chi connectivity index (χ2v) is 13.3. The summed E-state index contributed by atoms with van der Waals surface area (Å²) in [5.74, 6) is 2.02. The molecule has 12 heteroatoms. The van der Waals surface area contributed by atoms with Gasteiger partial charge in [0, 0.05) is 50.3 Å². The largest absolute Gasteiger partial charge is 0.493 e. The Morgan fingerprint density at radius 1 is 0.911 bits per heavy atom. The summed E-state index contributed by atoms with van der Waals surface area (Å²) in [6, 6.07) is 12.5.